The van der Waals surface area contributed by atoms with Crippen molar-refractivity contribution in [2.45, 2.75) is 6.92 Å². The first-order valence-electron chi connectivity index (χ1n) is 5.40. The standard InChI is InChI=1S/C13H10F2N2O2/c1-7-2-3-9(14)12(11(7)15)17-8-4-5-16-10(6-8)13(18)19/h2-6H,1H3,(H,16,17)(H,18,19). The number of hydrogen-bond acceptors (Lipinski definition) is 3. The number of anilines is 2. The van der Waals surface area contributed by atoms with Crippen LogP contribution in [0, 0.1) is 18.6 Å². The molecule has 1 heterocycles. The summed E-state index contributed by atoms with van der Waals surface area (Å²) in [5, 5.41) is 11.3. The molecule has 0 radical (unpaired) electrons. The Morgan fingerprint density at radius 2 is 2.05 bits per heavy atom. The average molecular weight is 264 g/mol. The molecule has 0 amide bonds. The van der Waals surface area contributed by atoms with E-state index in [0.29, 0.717) is 0 Å². The van der Waals surface area contributed by atoms with Gasteiger partial charge >= 0.3 is 5.97 Å². The molecule has 0 spiro atoms. The maximum atomic E-state index is 13.8. The van der Waals surface area contributed by atoms with Crippen molar-refractivity contribution in [3.05, 3.63) is 53.4 Å². The molecule has 2 rings (SSSR count). The number of carboxylic acids is 1. The van der Waals surface area contributed by atoms with Gasteiger partial charge in [0, 0.05) is 11.9 Å². The summed E-state index contributed by atoms with van der Waals surface area (Å²) in [5.41, 5.74) is 0.00761. The third-order valence-corrected chi connectivity index (χ3v) is 2.53. The summed E-state index contributed by atoms with van der Waals surface area (Å²) in [6.45, 7) is 1.51. The highest BCUT2D eigenvalue weighted by Gasteiger charge is 2.12. The Morgan fingerprint density at radius 3 is 2.74 bits per heavy atom. The SMILES string of the molecule is Cc1ccc(F)c(Nc2ccnc(C(=O)O)c2)c1F. The summed E-state index contributed by atoms with van der Waals surface area (Å²) in [6, 6.07) is 5.09. The van der Waals surface area contributed by atoms with Gasteiger partial charge in [-0.2, -0.15) is 0 Å². The summed E-state index contributed by atoms with van der Waals surface area (Å²) < 4.78 is 27.3. The van der Waals surface area contributed by atoms with Gasteiger partial charge in [0.25, 0.3) is 0 Å². The van der Waals surface area contributed by atoms with E-state index in [1.807, 2.05) is 0 Å². The summed E-state index contributed by atoms with van der Waals surface area (Å²) >= 11 is 0. The highest BCUT2D eigenvalue weighted by atomic mass is 19.1. The zero-order valence-corrected chi connectivity index (χ0v) is 9.95. The molecule has 98 valence electrons. The zero-order valence-electron chi connectivity index (χ0n) is 9.95. The first kappa shape index (κ1) is 12.9. The van der Waals surface area contributed by atoms with Crippen LogP contribution in [-0.2, 0) is 0 Å². The van der Waals surface area contributed by atoms with Gasteiger partial charge in [-0.1, -0.05) is 6.07 Å². The second kappa shape index (κ2) is 5.01. The zero-order chi connectivity index (χ0) is 14.0. The summed E-state index contributed by atoms with van der Waals surface area (Å²) in [5.74, 6) is -2.68. The minimum atomic E-state index is -1.21. The number of hydrogen-bond donors (Lipinski definition) is 2. The number of benzene rings is 1. The monoisotopic (exact) mass is 264 g/mol. The molecular formula is C13H10F2N2O2. The molecule has 2 N–H and O–H groups in total. The van der Waals surface area contributed by atoms with Crippen molar-refractivity contribution in [2.24, 2.45) is 0 Å². The van der Waals surface area contributed by atoms with Crippen LogP contribution >= 0.6 is 0 Å². The molecule has 1 aromatic carbocycles. The van der Waals surface area contributed by atoms with Gasteiger partial charge in [0.2, 0.25) is 0 Å². The van der Waals surface area contributed by atoms with Gasteiger partial charge in [-0.15, -0.1) is 0 Å². The topological polar surface area (TPSA) is 62.2 Å². The van der Waals surface area contributed by atoms with Crippen LogP contribution in [-0.4, -0.2) is 16.1 Å². The molecule has 2 aromatic rings. The molecule has 0 saturated carbocycles. The fraction of sp³-hybridized carbons (Fsp3) is 0.0769. The van der Waals surface area contributed by atoms with Gasteiger partial charge in [0.15, 0.2) is 5.82 Å². The van der Waals surface area contributed by atoms with Crippen molar-refractivity contribution >= 4 is 17.3 Å². The molecule has 0 saturated heterocycles. The van der Waals surface area contributed by atoms with Crippen molar-refractivity contribution in [2.75, 3.05) is 5.32 Å². The molecule has 19 heavy (non-hydrogen) atoms. The van der Waals surface area contributed by atoms with Gasteiger partial charge in [0.1, 0.15) is 17.2 Å². The number of halogens is 2. The second-order valence-electron chi connectivity index (χ2n) is 3.91. The lowest BCUT2D eigenvalue weighted by molar-refractivity contribution is 0.0690. The molecule has 4 nitrogen and oxygen atoms in total. The normalized spacial score (nSPS) is 10.3. The van der Waals surface area contributed by atoms with E-state index in [0.717, 1.165) is 6.07 Å². The number of aromatic carboxylic acids is 1. The van der Waals surface area contributed by atoms with E-state index in [-0.39, 0.29) is 22.6 Å². The van der Waals surface area contributed by atoms with Crippen molar-refractivity contribution in [3.63, 3.8) is 0 Å². The molecule has 0 aliphatic rings. The fourth-order valence-corrected chi connectivity index (χ4v) is 1.54. The van der Waals surface area contributed by atoms with Crippen LogP contribution in [0.5, 0.6) is 0 Å². The highest BCUT2D eigenvalue weighted by molar-refractivity contribution is 5.86. The Bertz CT molecular complexity index is 645. The minimum absolute atomic E-state index is 0.210. The molecule has 0 bridgehead atoms. The summed E-state index contributed by atoms with van der Waals surface area (Å²) in [6.07, 6.45) is 1.25. The number of rotatable bonds is 3. The molecular weight excluding hydrogens is 254 g/mol. The quantitative estimate of drug-likeness (QED) is 0.894. The van der Waals surface area contributed by atoms with E-state index in [2.05, 4.69) is 10.3 Å². The predicted octanol–water partition coefficient (Wildman–Crippen LogP) is 3.11. The average Bonchev–Trinajstić information content (AvgIpc) is 2.39. The van der Waals surface area contributed by atoms with E-state index in [4.69, 9.17) is 5.11 Å². The molecule has 0 fully saturated rings. The molecule has 0 aliphatic heterocycles. The van der Waals surface area contributed by atoms with Gasteiger partial charge in [-0.25, -0.2) is 18.6 Å². The first-order chi connectivity index (χ1) is 8.99. The minimum Gasteiger partial charge on any atom is -0.477 e. The Labute approximate surface area is 107 Å². The number of aromatic nitrogens is 1. The van der Waals surface area contributed by atoms with Crippen LogP contribution in [0.2, 0.25) is 0 Å². The van der Waals surface area contributed by atoms with Crippen molar-refractivity contribution in [3.8, 4) is 0 Å². The van der Waals surface area contributed by atoms with Crippen LogP contribution in [0.25, 0.3) is 0 Å². The summed E-state index contributed by atoms with van der Waals surface area (Å²) in [4.78, 5) is 14.4. The molecule has 0 aliphatic carbocycles. The third kappa shape index (κ3) is 2.67. The van der Waals surface area contributed by atoms with E-state index in [1.54, 1.807) is 0 Å². The van der Waals surface area contributed by atoms with Crippen LogP contribution < -0.4 is 5.32 Å². The first-order valence-corrected chi connectivity index (χ1v) is 5.40. The summed E-state index contributed by atoms with van der Waals surface area (Å²) in [7, 11) is 0. The predicted molar refractivity (Wildman–Crippen MR) is 65.6 cm³/mol. The number of nitrogens with zero attached hydrogens (tertiary/aromatic N) is 1. The van der Waals surface area contributed by atoms with Gasteiger partial charge in [0.05, 0.1) is 0 Å². The fourth-order valence-electron chi connectivity index (χ4n) is 1.54. The van der Waals surface area contributed by atoms with Gasteiger partial charge < -0.3 is 10.4 Å². The lowest BCUT2D eigenvalue weighted by Gasteiger charge is -2.10. The lowest BCUT2D eigenvalue weighted by Crippen LogP contribution is -2.03. The van der Waals surface area contributed by atoms with Crippen molar-refractivity contribution < 1.29 is 18.7 Å². The Balaban J connectivity index is 2.39. The van der Waals surface area contributed by atoms with Gasteiger partial charge in [-0.05, 0) is 30.7 Å². The smallest absolute Gasteiger partial charge is 0.354 e. The molecule has 1 aromatic heterocycles. The van der Waals surface area contributed by atoms with E-state index in [9.17, 15) is 13.6 Å². The van der Waals surface area contributed by atoms with Crippen LogP contribution in [0.1, 0.15) is 16.1 Å². The maximum Gasteiger partial charge on any atom is 0.354 e. The van der Waals surface area contributed by atoms with Gasteiger partial charge in [-0.3, -0.25) is 0 Å². The number of aryl methyl sites for hydroxylation is 1. The lowest BCUT2D eigenvalue weighted by atomic mass is 10.2. The Morgan fingerprint density at radius 1 is 1.32 bits per heavy atom. The van der Waals surface area contributed by atoms with Crippen LogP contribution in [0.15, 0.2) is 30.5 Å². The number of carbonyl (C=O) groups is 1. The third-order valence-electron chi connectivity index (χ3n) is 2.53. The van der Waals surface area contributed by atoms with Crippen molar-refractivity contribution in [1.82, 2.24) is 4.98 Å². The van der Waals surface area contributed by atoms with Crippen LogP contribution in [0.4, 0.5) is 20.2 Å². The molecule has 0 unspecified atom stereocenters. The van der Waals surface area contributed by atoms with Crippen LogP contribution in [0.3, 0.4) is 0 Å². The van der Waals surface area contributed by atoms with E-state index in [1.165, 1.54) is 31.3 Å². The second-order valence-corrected chi connectivity index (χ2v) is 3.91. The number of carboxylic acid groups (broad SMARTS) is 1. The Hall–Kier alpha value is -2.50. The molecule has 0 atom stereocenters. The largest absolute Gasteiger partial charge is 0.477 e. The van der Waals surface area contributed by atoms with E-state index >= 15 is 0 Å². The maximum absolute atomic E-state index is 13.8. The van der Waals surface area contributed by atoms with Crippen molar-refractivity contribution in [1.29, 1.82) is 0 Å². The molecule has 6 heteroatoms. The Kier molecular flexibility index (Phi) is 3.41. The van der Waals surface area contributed by atoms with E-state index < -0.39 is 17.6 Å². The highest BCUT2D eigenvalue weighted by Crippen LogP contribution is 2.25. The number of pyridine rings is 1. The number of nitrogens with one attached hydrogen (secondary N) is 1.